The molecule has 0 heterocycles. The summed E-state index contributed by atoms with van der Waals surface area (Å²) < 4.78 is 13.3. The van der Waals surface area contributed by atoms with Crippen molar-refractivity contribution < 1.29 is 14.3 Å². The normalized spacial score (nSPS) is 10.3. The van der Waals surface area contributed by atoms with Crippen molar-refractivity contribution in [2.75, 3.05) is 17.7 Å². The lowest BCUT2D eigenvalue weighted by molar-refractivity contribution is 0.0697. The zero-order valence-electron chi connectivity index (χ0n) is 10.6. The molecule has 0 unspecified atom stereocenters. The molecule has 0 bridgehead atoms. The Hall–Kier alpha value is -2.27. The minimum absolute atomic E-state index is 0.0400. The molecule has 0 spiro atoms. The molecule has 104 valence electrons. The maximum absolute atomic E-state index is 13.3. The van der Waals surface area contributed by atoms with Crippen molar-refractivity contribution in [3.63, 3.8) is 0 Å². The van der Waals surface area contributed by atoms with Crippen LogP contribution < -0.4 is 10.6 Å². The topological polar surface area (TPSA) is 66.6 Å². The molecule has 0 fully saturated rings. The van der Waals surface area contributed by atoms with E-state index in [0.717, 1.165) is 0 Å². The van der Waals surface area contributed by atoms with Gasteiger partial charge in [0.1, 0.15) is 5.82 Å². The highest BCUT2D eigenvalue weighted by Gasteiger charge is 2.19. The molecule has 6 heteroatoms. The van der Waals surface area contributed by atoms with Crippen molar-refractivity contribution >= 4 is 34.6 Å². The predicted octanol–water partition coefficient (Wildman–Crippen LogP) is 3.53. The molecular formula is C14H12ClFN2O2. The summed E-state index contributed by atoms with van der Waals surface area (Å²) in [6, 6.07) is 8.56. The number of carbonyl (C=O) groups is 1. The molecule has 0 saturated carbocycles. The maximum atomic E-state index is 13.3. The molecule has 2 aromatic rings. The van der Waals surface area contributed by atoms with Crippen LogP contribution in [0.4, 0.5) is 21.5 Å². The first-order valence-electron chi connectivity index (χ1n) is 5.71. The fraction of sp³-hybridized carbons (Fsp3) is 0.0714. The third-order valence-corrected chi connectivity index (χ3v) is 3.14. The highest BCUT2D eigenvalue weighted by Crippen LogP contribution is 2.36. The van der Waals surface area contributed by atoms with Gasteiger partial charge in [-0.15, -0.1) is 0 Å². The van der Waals surface area contributed by atoms with E-state index in [4.69, 9.17) is 17.3 Å². The largest absolute Gasteiger partial charge is 0.478 e. The standard InChI is InChI=1S/C14H12ClFN2O2/c1-18(10-4-2-3-8(16)5-10)13-11(14(19)20)6-9(17)7-12(13)15/h2-7H,17H2,1H3,(H,19,20). The van der Waals surface area contributed by atoms with Gasteiger partial charge in [0.25, 0.3) is 0 Å². The van der Waals surface area contributed by atoms with Gasteiger partial charge in [0, 0.05) is 18.4 Å². The van der Waals surface area contributed by atoms with Crippen molar-refractivity contribution in [1.82, 2.24) is 0 Å². The molecule has 0 saturated heterocycles. The quantitative estimate of drug-likeness (QED) is 0.850. The van der Waals surface area contributed by atoms with Crippen LogP contribution >= 0.6 is 11.6 Å². The van der Waals surface area contributed by atoms with E-state index in [2.05, 4.69) is 0 Å². The van der Waals surface area contributed by atoms with Gasteiger partial charge in [-0.1, -0.05) is 17.7 Å². The highest BCUT2D eigenvalue weighted by molar-refractivity contribution is 6.34. The molecule has 2 aromatic carbocycles. The van der Waals surface area contributed by atoms with Crippen molar-refractivity contribution in [1.29, 1.82) is 0 Å². The highest BCUT2D eigenvalue weighted by atomic mass is 35.5. The monoisotopic (exact) mass is 294 g/mol. The van der Waals surface area contributed by atoms with Crippen LogP contribution in [-0.2, 0) is 0 Å². The molecule has 0 aliphatic carbocycles. The lowest BCUT2D eigenvalue weighted by Gasteiger charge is -2.23. The summed E-state index contributed by atoms with van der Waals surface area (Å²) in [5, 5.41) is 9.44. The summed E-state index contributed by atoms with van der Waals surface area (Å²) in [7, 11) is 1.61. The van der Waals surface area contributed by atoms with E-state index in [1.165, 1.54) is 35.2 Å². The van der Waals surface area contributed by atoms with Gasteiger partial charge in [0.15, 0.2) is 0 Å². The van der Waals surface area contributed by atoms with Crippen molar-refractivity contribution in [3.05, 3.63) is 52.8 Å². The molecule has 3 N–H and O–H groups in total. The minimum Gasteiger partial charge on any atom is -0.478 e. The number of nitrogen functional groups attached to an aromatic ring is 1. The van der Waals surface area contributed by atoms with Gasteiger partial charge in [-0.05, 0) is 30.3 Å². The summed E-state index contributed by atoms with van der Waals surface area (Å²) in [5.41, 5.74) is 6.56. The smallest absolute Gasteiger partial charge is 0.337 e. The van der Waals surface area contributed by atoms with Crippen LogP contribution in [0.2, 0.25) is 5.02 Å². The van der Waals surface area contributed by atoms with Gasteiger partial charge < -0.3 is 15.7 Å². The zero-order valence-corrected chi connectivity index (χ0v) is 11.4. The first-order chi connectivity index (χ1) is 9.40. The Morgan fingerprint density at radius 2 is 2.05 bits per heavy atom. The van der Waals surface area contributed by atoms with Crippen LogP contribution in [0.1, 0.15) is 10.4 Å². The number of anilines is 3. The van der Waals surface area contributed by atoms with E-state index < -0.39 is 11.8 Å². The summed E-state index contributed by atoms with van der Waals surface area (Å²) in [4.78, 5) is 12.8. The van der Waals surface area contributed by atoms with E-state index in [-0.39, 0.29) is 22.0 Å². The fourth-order valence-electron chi connectivity index (χ4n) is 1.94. The van der Waals surface area contributed by atoms with Crippen LogP contribution in [0.25, 0.3) is 0 Å². The molecule has 20 heavy (non-hydrogen) atoms. The number of aromatic carboxylic acids is 1. The maximum Gasteiger partial charge on any atom is 0.337 e. The Kier molecular flexibility index (Phi) is 3.81. The summed E-state index contributed by atoms with van der Waals surface area (Å²) in [6.07, 6.45) is 0. The molecule has 0 aliphatic rings. The van der Waals surface area contributed by atoms with Gasteiger partial charge in [-0.3, -0.25) is 0 Å². The lowest BCUT2D eigenvalue weighted by atomic mass is 10.1. The Balaban J connectivity index is 2.59. The van der Waals surface area contributed by atoms with Crippen LogP contribution in [-0.4, -0.2) is 18.1 Å². The lowest BCUT2D eigenvalue weighted by Crippen LogP contribution is -2.15. The van der Waals surface area contributed by atoms with Crippen LogP contribution in [0, 0.1) is 5.82 Å². The number of nitrogens with two attached hydrogens (primary N) is 1. The molecule has 0 radical (unpaired) electrons. The van der Waals surface area contributed by atoms with Crippen molar-refractivity contribution in [3.8, 4) is 0 Å². The summed E-state index contributed by atoms with van der Waals surface area (Å²) in [5.74, 6) is -1.57. The van der Waals surface area contributed by atoms with Crippen molar-refractivity contribution in [2.45, 2.75) is 0 Å². The average Bonchev–Trinajstić information content (AvgIpc) is 2.37. The van der Waals surface area contributed by atoms with Gasteiger partial charge >= 0.3 is 5.97 Å². The average molecular weight is 295 g/mol. The molecule has 0 aliphatic heterocycles. The second-order valence-corrected chi connectivity index (χ2v) is 4.65. The van der Waals surface area contributed by atoms with E-state index in [1.54, 1.807) is 13.1 Å². The number of halogens is 2. The molecule has 0 amide bonds. The second-order valence-electron chi connectivity index (χ2n) is 4.24. The Bertz CT molecular complexity index is 676. The molecular weight excluding hydrogens is 283 g/mol. The third kappa shape index (κ3) is 2.67. The van der Waals surface area contributed by atoms with Gasteiger partial charge in [-0.25, -0.2) is 9.18 Å². The second kappa shape index (κ2) is 5.38. The van der Waals surface area contributed by atoms with E-state index in [1.807, 2.05) is 0 Å². The number of hydrogen-bond acceptors (Lipinski definition) is 3. The number of hydrogen-bond donors (Lipinski definition) is 2. The first-order valence-corrected chi connectivity index (χ1v) is 6.09. The molecule has 2 rings (SSSR count). The Morgan fingerprint density at radius 1 is 1.35 bits per heavy atom. The molecule has 4 nitrogen and oxygen atoms in total. The number of carboxylic acid groups (broad SMARTS) is 1. The van der Waals surface area contributed by atoms with Crippen LogP contribution in [0.5, 0.6) is 0 Å². The van der Waals surface area contributed by atoms with E-state index >= 15 is 0 Å². The van der Waals surface area contributed by atoms with Crippen LogP contribution in [0.3, 0.4) is 0 Å². The van der Waals surface area contributed by atoms with Gasteiger partial charge in [-0.2, -0.15) is 0 Å². The molecule has 0 atom stereocenters. The van der Waals surface area contributed by atoms with Crippen LogP contribution in [0.15, 0.2) is 36.4 Å². The predicted molar refractivity (Wildman–Crippen MR) is 77.3 cm³/mol. The van der Waals surface area contributed by atoms with Gasteiger partial charge in [0.05, 0.1) is 16.3 Å². The first kappa shape index (κ1) is 14.1. The molecule has 0 aromatic heterocycles. The number of carboxylic acids is 1. The Morgan fingerprint density at radius 3 is 2.65 bits per heavy atom. The zero-order chi connectivity index (χ0) is 14.9. The van der Waals surface area contributed by atoms with E-state index in [0.29, 0.717) is 5.69 Å². The Labute approximate surface area is 120 Å². The van der Waals surface area contributed by atoms with Crippen molar-refractivity contribution in [2.24, 2.45) is 0 Å². The minimum atomic E-state index is -1.16. The fourth-order valence-corrected chi connectivity index (χ4v) is 2.29. The number of nitrogens with zero attached hydrogens (tertiary/aromatic N) is 1. The number of rotatable bonds is 3. The van der Waals surface area contributed by atoms with E-state index in [9.17, 15) is 14.3 Å². The SMILES string of the molecule is CN(c1cccc(F)c1)c1c(Cl)cc(N)cc1C(=O)O. The summed E-state index contributed by atoms with van der Waals surface area (Å²) >= 11 is 6.08. The number of benzene rings is 2. The summed E-state index contributed by atoms with van der Waals surface area (Å²) in [6.45, 7) is 0. The van der Waals surface area contributed by atoms with Gasteiger partial charge in [0.2, 0.25) is 0 Å². The third-order valence-electron chi connectivity index (χ3n) is 2.85.